The smallest absolute Gasteiger partial charge is 0.102 e. The summed E-state index contributed by atoms with van der Waals surface area (Å²) in [5.41, 5.74) is -0.0759. The Labute approximate surface area is 93.0 Å². The minimum atomic E-state index is -0.0759. The molecule has 0 aromatic rings. The Balaban J connectivity index is 2.72. The summed E-state index contributed by atoms with van der Waals surface area (Å²) in [4.78, 5) is 0. The van der Waals surface area contributed by atoms with Crippen LogP contribution in [0.5, 0.6) is 0 Å². The zero-order chi connectivity index (χ0) is 11.1. The first-order valence-electron chi connectivity index (χ1n) is 5.89. The van der Waals surface area contributed by atoms with Crippen LogP contribution in [0, 0.1) is 0 Å². The summed E-state index contributed by atoms with van der Waals surface area (Å²) in [6.45, 7) is 8.79. The van der Waals surface area contributed by atoms with Gasteiger partial charge in [0.05, 0.1) is 11.9 Å². The van der Waals surface area contributed by atoms with Gasteiger partial charge < -0.3 is 9.47 Å². The number of rotatable bonds is 6. The normalized spacial score (nSPS) is 26.7. The molecule has 0 aliphatic carbocycles. The van der Waals surface area contributed by atoms with Crippen molar-refractivity contribution in [1.29, 1.82) is 0 Å². The number of hydrogen-bond donors (Lipinski definition) is 0. The second-order valence-corrected chi connectivity index (χ2v) is 4.02. The Morgan fingerprint density at radius 1 is 1.53 bits per heavy atom. The van der Waals surface area contributed by atoms with Crippen LogP contribution in [-0.2, 0) is 9.47 Å². The molecule has 0 radical (unpaired) electrons. The van der Waals surface area contributed by atoms with Crippen molar-refractivity contribution in [2.24, 2.45) is 0 Å². The van der Waals surface area contributed by atoms with Gasteiger partial charge in [-0.25, -0.2) is 0 Å². The average molecular weight is 210 g/mol. The lowest BCUT2D eigenvalue weighted by Crippen LogP contribution is -2.24. The van der Waals surface area contributed by atoms with Crippen LogP contribution in [0.3, 0.4) is 0 Å². The highest BCUT2D eigenvalue weighted by molar-refractivity contribution is 5.09. The first-order chi connectivity index (χ1) is 7.26. The van der Waals surface area contributed by atoms with E-state index in [1.807, 2.05) is 0 Å². The summed E-state index contributed by atoms with van der Waals surface area (Å²) in [7, 11) is 0. The first kappa shape index (κ1) is 12.3. The van der Waals surface area contributed by atoms with Crippen molar-refractivity contribution in [3.63, 3.8) is 0 Å². The molecule has 1 unspecified atom stereocenters. The zero-order valence-electron chi connectivity index (χ0n) is 9.92. The maximum atomic E-state index is 5.82. The lowest BCUT2D eigenvalue weighted by atomic mass is 9.95. The molecule has 1 atom stereocenters. The van der Waals surface area contributed by atoms with E-state index in [2.05, 4.69) is 26.5 Å². The van der Waals surface area contributed by atoms with Crippen LogP contribution in [0.25, 0.3) is 0 Å². The Morgan fingerprint density at radius 2 is 2.33 bits per heavy atom. The third-order valence-corrected chi connectivity index (χ3v) is 2.89. The molecule has 1 rings (SSSR count). The summed E-state index contributed by atoms with van der Waals surface area (Å²) in [5, 5.41) is 0. The minimum Gasteiger partial charge on any atom is -0.470 e. The van der Waals surface area contributed by atoms with Crippen molar-refractivity contribution in [2.75, 3.05) is 6.61 Å². The molecule has 2 heteroatoms. The van der Waals surface area contributed by atoms with Gasteiger partial charge in [0.1, 0.15) is 5.76 Å². The number of allylic oxidation sites excluding steroid dienone is 1. The van der Waals surface area contributed by atoms with E-state index in [0.717, 1.165) is 44.5 Å². The van der Waals surface area contributed by atoms with Crippen LogP contribution in [0.1, 0.15) is 46.0 Å². The van der Waals surface area contributed by atoms with Crippen LogP contribution >= 0.6 is 0 Å². The summed E-state index contributed by atoms with van der Waals surface area (Å²) in [6.07, 6.45) is 8.97. The van der Waals surface area contributed by atoms with E-state index in [-0.39, 0.29) is 5.60 Å². The van der Waals surface area contributed by atoms with E-state index in [0.29, 0.717) is 0 Å². The second kappa shape index (κ2) is 5.96. The molecule has 1 saturated heterocycles. The van der Waals surface area contributed by atoms with Crippen molar-refractivity contribution in [1.82, 2.24) is 0 Å². The van der Waals surface area contributed by atoms with E-state index in [1.165, 1.54) is 6.26 Å². The molecule has 1 heterocycles. The highest BCUT2D eigenvalue weighted by atomic mass is 16.5. The number of hydrogen-bond acceptors (Lipinski definition) is 2. The highest BCUT2D eigenvalue weighted by Gasteiger charge is 2.31. The predicted molar refractivity (Wildman–Crippen MR) is 62.5 cm³/mol. The quantitative estimate of drug-likeness (QED) is 0.621. The van der Waals surface area contributed by atoms with Crippen LogP contribution in [0.2, 0.25) is 0 Å². The molecule has 0 aromatic carbocycles. The third-order valence-electron chi connectivity index (χ3n) is 2.89. The fourth-order valence-electron chi connectivity index (χ4n) is 2.03. The lowest BCUT2D eigenvalue weighted by Gasteiger charge is -2.24. The number of ether oxygens (including phenoxy) is 2. The van der Waals surface area contributed by atoms with Crippen molar-refractivity contribution in [2.45, 2.75) is 51.6 Å². The fourth-order valence-corrected chi connectivity index (χ4v) is 2.03. The molecular formula is C13H22O2. The van der Waals surface area contributed by atoms with Gasteiger partial charge in [-0.05, 0) is 31.8 Å². The molecule has 0 aromatic heterocycles. The molecule has 0 spiro atoms. The van der Waals surface area contributed by atoms with Gasteiger partial charge in [0.15, 0.2) is 0 Å². The van der Waals surface area contributed by atoms with Crippen LogP contribution in [-0.4, -0.2) is 12.2 Å². The van der Waals surface area contributed by atoms with E-state index in [4.69, 9.17) is 9.47 Å². The summed E-state index contributed by atoms with van der Waals surface area (Å²) >= 11 is 0. The topological polar surface area (TPSA) is 18.5 Å². The Hall–Kier alpha value is -0.760. The van der Waals surface area contributed by atoms with Gasteiger partial charge in [0.25, 0.3) is 0 Å². The predicted octanol–water partition coefficient (Wildman–Crippen LogP) is 3.79. The van der Waals surface area contributed by atoms with Gasteiger partial charge in [-0.3, -0.25) is 0 Å². The van der Waals surface area contributed by atoms with Gasteiger partial charge in [-0.15, -0.1) is 0 Å². The Kier molecular flexibility index (Phi) is 4.89. The van der Waals surface area contributed by atoms with Crippen molar-refractivity contribution < 1.29 is 9.47 Å². The monoisotopic (exact) mass is 210 g/mol. The highest BCUT2D eigenvalue weighted by Crippen LogP contribution is 2.32. The molecule has 2 nitrogen and oxygen atoms in total. The van der Waals surface area contributed by atoms with Crippen LogP contribution < -0.4 is 0 Å². The van der Waals surface area contributed by atoms with Crippen LogP contribution in [0.4, 0.5) is 0 Å². The molecular weight excluding hydrogens is 188 g/mol. The van der Waals surface area contributed by atoms with E-state index >= 15 is 0 Å². The van der Waals surface area contributed by atoms with Crippen LogP contribution in [0.15, 0.2) is 24.7 Å². The van der Waals surface area contributed by atoms with Gasteiger partial charge in [-0.2, -0.15) is 0 Å². The molecule has 86 valence electrons. The Bertz CT molecular complexity index is 225. The van der Waals surface area contributed by atoms with Crippen molar-refractivity contribution >= 4 is 0 Å². The van der Waals surface area contributed by atoms with E-state index < -0.39 is 0 Å². The molecule has 1 fully saturated rings. The standard InChI is InChI=1S/C13H22O2/c1-4-8-12(14-6-3)11-13(5-2)9-7-10-15-13/h6,11H,3-5,7-10H2,1-2H3/b12-11+. The van der Waals surface area contributed by atoms with Gasteiger partial charge >= 0.3 is 0 Å². The summed E-state index contributed by atoms with van der Waals surface area (Å²) in [6, 6.07) is 0. The molecule has 1 aliphatic heterocycles. The lowest BCUT2D eigenvalue weighted by molar-refractivity contribution is 0.0391. The summed E-state index contributed by atoms with van der Waals surface area (Å²) in [5.74, 6) is 0.997. The first-order valence-corrected chi connectivity index (χ1v) is 5.89. The molecule has 0 saturated carbocycles. The maximum Gasteiger partial charge on any atom is 0.102 e. The van der Waals surface area contributed by atoms with E-state index in [1.54, 1.807) is 0 Å². The second-order valence-electron chi connectivity index (χ2n) is 4.02. The largest absolute Gasteiger partial charge is 0.470 e. The zero-order valence-corrected chi connectivity index (χ0v) is 9.92. The SMILES string of the molecule is C=CO/C(=C/C1(CC)CCCO1)CCC. The van der Waals surface area contributed by atoms with Crippen molar-refractivity contribution in [3.8, 4) is 0 Å². The van der Waals surface area contributed by atoms with Gasteiger partial charge in [0, 0.05) is 13.0 Å². The van der Waals surface area contributed by atoms with E-state index in [9.17, 15) is 0 Å². The Morgan fingerprint density at radius 3 is 2.80 bits per heavy atom. The molecule has 15 heavy (non-hydrogen) atoms. The molecule has 0 amide bonds. The summed E-state index contributed by atoms with van der Waals surface area (Å²) < 4.78 is 11.2. The average Bonchev–Trinajstić information content (AvgIpc) is 2.68. The molecule has 1 aliphatic rings. The fraction of sp³-hybridized carbons (Fsp3) is 0.692. The molecule has 0 bridgehead atoms. The maximum absolute atomic E-state index is 5.82. The van der Waals surface area contributed by atoms with Gasteiger partial charge in [-0.1, -0.05) is 20.4 Å². The van der Waals surface area contributed by atoms with Crippen molar-refractivity contribution in [3.05, 3.63) is 24.7 Å². The molecule has 0 N–H and O–H groups in total. The third kappa shape index (κ3) is 3.38. The minimum absolute atomic E-state index is 0.0759. The van der Waals surface area contributed by atoms with Gasteiger partial charge in [0.2, 0.25) is 0 Å².